The van der Waals surface area contributed by atoms with E-state index in [0.29, 0.717) is 16.8 Å². The summed E-state index contributed by atoms with van der Waals surface area (Å²) in [6.07, 6.45) is 0.694. The minimum atomic E-state index is -4.43. The number of phenolic OH excluding ortho intramolecular Hbond substituents is 1. The summed E-state index contributed by atoms with van der Waals surface area (Å²) in [6, 6.07) is 9.25. The van der Waals surface area contributed by atoms with Crippen LogP contribution in [-0.4, -0.2) is 28.1 Å². The topological polar surface area (TPSA) is 48.4 Å². The summed E-state index contributed by atoms with van der Waals surface area (Å²) in [4.78, 5) is 6.55. The molecule has 0 spiro atoms. The molecule has 0 aliphatic carbocycles. The van der Waals surface area contributed by atoms with Crippen molar-refractivity contribution < 1.29 is 18.3 Å². The molecular weight excluding hydrogens is 427 g/mol. The maximum atomic E-state index is 13.1. The zero-order chi connectivity index (χ0) is 23.8. The average Bonchev–Trinajstić information content (AvgIpc) is 2.75. The van der Waals surface area contributed by atoms with Crippen molar-refractivity contribution in [1.82, 2.24) is 9.88 Å². The third-order valence-corrected chi connectivity index (χ3v) is 6.17. The standard InChI is InChI=1S/C26H30F3N3O/c1-25(2,3)20-13-17(16-32-11-5-4-6-12-32)14-23(24(20)33)31-21-9-10-30-22-15-18(26(27,28)29)7-8-19(21)22/h7-10,13-15,33H,4-6,11-12,16H2,1-3H3,(H,30,31). The molecule has 4 rings (SSSR count). The van der Waals surface area contributed by atoms with Crippen LogP contribution < -0.4 is 5.32 Å². The van der Waals surface area contributed by atoms with Gasteiger partial charge >= 0.3 is 6.18 Å². The van der Waals surface area contributed by atoms with Crippen molar-refractivity contribution in [1.29, 1.82) is 0 Å². The van der Waals surface area contributed by atoms with Gasteiger partial charge in [0.2, 0.25) is 0 Å². The summed E-state index contributed by atoms with van der Waals surface area (Å²) in [7, 11) is 0. The fourth-order valence-corrected chi connectivity index (χ4v) is 4.41. The van der Waals surface area contributed by atoms with E-state index in [0.717, 1.165) is 42.9 Å². The molecule has 2 N–H and O–H groups in total. The molecule has 1 saturated heterocycles. The van der Waals surface area contributed by atoms with E-state index in [1.165, 1.54) is 31.5 Å². The molecule has 0 unspecified atom stereocenters. The molecule has 1 aliphatic heterocycles. The Balaban J connectivity index is 1.73. The molecule has 33 heavy (non-hydrogen) atoms. The van der Waals surface area contributed by atoms with Crippen LogP contribution in [0.15, 0.2) is 42.6 Å². The lowest BCUT2D eigenvalue weighted by Crippen LogP contribution is -2.29. The van der Waals surface area contributed by atoms with Gasteiger partial charge in [-0.25, -0.2) is 0 Å². The highest BCUT2D eigenvalue weighted by atomic mass is 19.4. The predicted molar refractivity (Wildman–Crippen MR) is 126 cm³/mol. The Hall–Kier alpha value is -2.80. The minimum Gasteiger partial charge on any atom is -0.505 e. The van der Waals surface area contributed by atoms with Gasteiger partial charge in [0.15, 0.2) is 0 Å². The Morgan fingerprint density at radius 3 is 2.36 bits per heavy atom. The number of halogens is 3. The maximum Gasteiger partial charge on any atom is 0.416 e. The number of alkyl halides is 3. The molecule has 1 aliphatic rings. The van der Waals surface area contributed by atoms with Gasteiger partial charge in [-0.1, -0.05) is 39.3 Å². The zero-order valence-electron chi connectivity index (χ0n) is 19.3. The Kier molecular flexibility index (Phi) is 6.27. The number of phenols is 1. The number of aromatic nitrogens is 1. The summed E-state index contributed by atoms with van der Waals surface area (Å²) >= 11 is 0. The Labute approximate surface area is 192 Å². The average molecular weight is 458 g/mol. The number of hydrogen-bond acceptors (Lipinski definition) is 4. The van der Waals surface area contributed by atoms with E-state index >= 15 is 0 Å². The first-order valence-electron chi connectivity index (χ1n) is 11.3. The highest BCUT2D eigenvalue weighted by Gasteiger charge is 2.30. The van der Waals surface area contributed by atoms with Gasteiger partial charge in [-0.3, -0.25) is 9.88 Å². The van der Waals surface area contributed by atoms with Crippen molar-refractivity contribution in [2.75, 3.05) is 18.4 Å². The smallest absolute Gasteiger partial charge is 0.416 e. The van der Waals surface area contributed by atoms with Gasteiger partial charge in [-0.15, -0.1) is 0 Å². The Bertz CT molecular complexity index is 1150. The second kappa shape index (κ2) is 8.86. The highest BCUT2D eigenvalue weighted by molar-refractivity contribution is 5.93. The molecule has 3 aromatic rings. The lowest BCUT2D eigenvalue weighted by Gasteiger charge is -2.28. The van der Waals surface area contributed by atoms with Gasteiger partial charge in [-0.2, -0.15) is 13.2 Å². The normalized spacial score (nSPS) is 15.7. The largest absolute Gasteiger partial charge is 0.505 e. The lowest BCUT2D eigenvalue weighted by atomic mass is 9.84. The Morgan fingerprint density at radius 1 is 0.970 bits per heavy atom. The number of nitrogens with one attached hydrogen (secondary N) is 1. The number of rotatable bonds is 4. The maximum absolute atomic E-state index is 13.1. The van der Waals surface area contributed by atoms with Gasteiger partial charge < -0.3 is 10.4 Å². The summed E-state index contributed by atoms with van der Waals surface area (Å²) in [5.74, 6) is 0.154. The number of anilines is 2. The van der Waals surface area contributed by atoms with Crippen LogP contribution in [0.25, 0.3) is 10.9 Å². The fourth-order valence-electron chi connectivity index (χ4n) is 4.41. The summed E-state index contributed by atoms with van der Waals surface area (Å²) in [5.41, 5.74) is 2.30. The quantitative estimate of drug-likeness (QED) is 0.415. The van der Waals surface area contributed by atoms with Crippen LogP contribution in [-0.2, 0) is 18.1 Å². The number of hydrogen-bond donors (Lipinski definition) is 2. The molecule has 0 radical (unpaired) electrons. The van der Waals surface area contributed by atoms with Gasteiger partial charge in [0, 0.05) is 29.4 Å². The SMILES string of the molecule is CC(C)(C)c1cc(CN2CCCCC2)cc(Nc2ccnc3cc(C(F)(F)F)ccc23)c1O. The number of likely N-dealkylation sites (tertiary alicyclic amines) is 1. The van der Waals surface area contributed by atoms with E-state index in [4.69, 9.17) is 0 Å². The van der Waals surface area contributed by atoms with Crippen LogP contribution in [0.1, 0.15) is 56.7 Å². The van der Waals surface area contributed by atoms with Gasteiger partial charge in [-0.05, 0) is 61.2 Å². The molecule has 2 aromatic carbocycles. The van der Waals surface area contributed by atoms with Crippen LogP contribution >= 0.6 is 0 Å². The van der Waals surface area contributed by atoms with E-state index in [-0.39, 0.29) is 16.7 Å². The fraction of sp³-hybridized carbons (Fsp3) is 0.423. The number of aromatic hydroxyl groups is 1. The molecule has 2 heterocycles. The molecule has 176 valence electrons. The molecule has 0 atom stereocenters. The van der Waals surface area contributed by atoms with Crippen LogP contribution in [0, 0.1) is 0 Å². The first kappa shape index (κ1) is 23.4. The van der Waals surface area contributed by atoms with E-state index < -0.39 is 11.7 Å². The molecule has 0 bridgehead atoms. The third kappa shape index (κ3) is 5.24. The van der Waals surface area contributed by atoms with E-state index in [9.17, 15) is 18.3 Å². The summed E-state index contributed by atoms with van der Waals surface area (Å²) in [5, 5.41) is 14.9. The number of benzene rings is 2. The second-order valence-corrected chi connectivity index (χ2v) is 9.84. The second-order valence-electron chi connectivity index (χ2n) is 9.84. The van der Waals surface area contributed by atoms with Crippen molar-refractivity contribution in [3.63, 3.8) is 0 Å². The van der Waals surface area contributed by atoms with Crippen LogP contribution in [0.4, 0.5) is 24.5 Å². The van der Waals surface area contributed by atoms with Crippen molar-refractivity contribution >= 4 is 22.3 Å². The molecule has 1 fully saturated rings. The van der Waals surface area contributed by atoms with Crippen molar-refractivity contribution in [3.05, 3.63) is 59.3 Å². The van der Waals surface area contributed by atoms with E-state index in [2.05, 4.69) is 42.0 Å². The monoisotopic (exact) mass is 457 g/mol. The van der Waals surface area contributed by atoms with Gasteiger partial charge in [0.1, 0.15) is 5.75 Å². The number of piperidine rings is 1. The van der Waals surface area contributed by atoms with Crippen LogP contribution in [0.2, 0.25) is 0 Å². The van der Waals surface area contributed by atoms with Crippen LogP contribution in [0.5, 0.6) is 5.75 Å². The number of pyridine rings is 1. The number of fused-ring (bicyclic) bond motifs is 1. The molecule has 4 nitrogen and oxygen atoms in total. The van der Waals surface area contributed by atoms with E-state index in [1.807, 2.05) is 6.07 Å². The molecule has 0 saturated carbocycles. The minimum absolute atomic E-state index is 0.154. The Morgan fingerprint density at radius 2 is 1.70 bits per heavy atom. The van der Waals surface area contributed by atoms with Crippen molar-refractivity contribution in [2.24, 2.45) is 0 Å². The first-order valence-corrected chi connectivity index (χ1v) is 11.3. The lowest BCUT2D eigenvalue weighted by molar-refractivity contribution is -0.137. The number of nitrogens with zero attached hydrogens (tertiary/aromatic N) is 2. The molecule has 1 aromatic heterocycles. The molecule has 0 amide bonds. The molecular formula is C26H30F3N3O. The summed E-state index contributed by atoms with van der Waals surface area (Å²) < 4.78 is 39.4. The van der Waals surface area contributed by atoms with Crippen LogP contribution in [0.3, 0.4) is 0 Å². The van der Waals surface area contributed by atoms with Gasteiger partial charge in [0.05, 0.1) is 16.8 Å². The van der Waals surface area contributed by atoms with Crippen molar-refractivity contribution in [2.45, 2.75) is 58.2 Å². The summed E-state index contributed by atoms with van der Waals surface area (Å²) in [6.45, 7) is 9.07. The zero-order valence-corrected chi connectivity index (χ0v) is 19.3. The highest BCUT2D eigenvalue weighted by Crippen LogP contribution is 2.40. The first-order chi connectivity index (χ1) is 15.5. The third-order valence-electron chi connectivity index (χ3n) is 6.17. The van der Waals surface area contributed by atoms with E-state index in [1.54, 1.807) is 6.07 Å². The predicted octanol–water partition coefficient (Wildman–Crippen LogP) is 6.99. The van der Waals surface area contributed by atoms with Gasteiger partial charge in [0.25, 0.3) is 0 Å². The van der Waals surface area contributed by atoms with Crippen molar-refractivity contribution in [3.8, 4) is 5.75 Å². The molecule has 7 heteroatoms.